The molecule has 0 heterocycles. The van der Waals surface area contributed by atoms with Crippen LogP contribution in [0.4, 0.5) is 8.78 Å². The Hall–Kier alpha value is -0.740. The normalized spacial score (nSPS) is 44.1. The molecule has 9 atom stereocenters. The van der Waals surface area contributed by atoms with Gasteiger partial charge in [0.25, 0.3) is 0 Å². The zero-order valence-electron chi connectivity index (χ0n) is 19.1. The second-order valence-electron chi connectivity index (χ2n) is 10.5. The molecule has 0 radical (unpaired) electrons. The number of ether oxygens (including phenoxy) is 2. The molecule has 7 nitrogen and oxygen atoms in total. The van der Waals surface area contributed by atoms with Crippen LogP contribution in [0.5, 0.6) is 0 Å². The van der Waals surface area contributed by atoms with Gasteiger partial charge >= 0.3 is 0 Å². The smallest absolute Gasteiger partial charge is 0.246 e. The van der Waals surface area contributed by atoms with Gasteiger partial charge in [-0.1, -0.05) is 0 Å². The zero-order chi connectivity index (χ0) is 24.5. The van der Waals surface area contributed by atoms with Crippen molar-refractivity contribution < 1.29 is 33.0 Å². The average Bonchev–Trinajstić information content (AvgIpc) is 3.26. The highest BCUT2D eigenvalue weighted by Gasteiger charge is 2.61. The van der Waals surface area contributed by atoms with Crippen molar-refractivity contribution in [3.63, 3.8) is 0 Å². The second-order valence-corrected chi connectivity index (χ2v) is 11.6. The molecule has 2 amide bonds. The van der Waals surface area contributed by atoms with Crippen LogP contribution in [0.2, 0.25) is 0 Å². The maximum Gasteiger partial charge on any atom is 0.246 e. The zero-order valence-corrected chi connectivity index (χ0v) is 20.6. The Morgan fingerprint density at radius 3 is 1.91 bits per heavy atom. The van der Waals surface area contributed by atoms with Crippen molar-refractivity contribution in [1.82, 2.24) is 10.6 Å². The Kier molecular flexibility index (Phi) is 8.29. The third kappa shape index (κ3) is 5.97. The summed E-state index contributed by atoms with van der Waals surface area (Å²) in [6, 6.07) is 0. The maximum absolute atomic E-state index is 13.8. The van der Waals surface area contributed by atoms with Gasteiger partial charge in [0, 0.05) is 18.4 Å². The highest BCUT2D eigenvalue weighted by atomic mass is 35.5. The number of hydrogen-bond acceptors (Lipinski definition) is 5. The molecular formula is C23H34Cl2F2N2O5. The number of aliphatic hydroxyl groups excluding tert-OH is 1. The van der Waals surface area contributed by atoms with Crippen molar-refractivity contribution in [2.24, 2.45) is 0 Å². The quantitative estimate of drug-likeness (QED) is 0.422. The Morgan fingerprint density at radius 2 is 1.41 bits per heavy atom. The summed E-state index contributed by atoms with van der Waals surface area (Å²) in [7, 11) is 0. The SMILES string of the molecule is O=C(COC1CCC(Cl)C(F)C1)N[C@]12CC[C@](NC(=O)COC3CCC(Cl)C(F)C3)(C1)[C@@H](O)C2. The van der Waals surface area contributed by atoms with E-state index in [9.17, 15) is 23.5 Å². The van der Waals surface area contributed by atoms with E-state index in [0.717, 1.165) is 0 Å². The average molecular weight is 527 g/mol. The largest absolute Gasteiger partial charge is 0.391 e. The number of aliphatic hydroxyl groups is 1. The van der Waals surface area contributed by atoms with Gasteiger partial charge in [-0.3, -0.25) is 9.59 Å². The van der Waals surface area contributed by atoms with Gasteiger partial charge in [-0.2, -0.15) is 0 Å². The molecule has 4 fully saturated rings. The van der Waals surface area contributed by atoms with Gasteiger partial charge < -0.3 is 25.2 Å². The number of rotatable bonds is 8. The summed E-state index contributed by atoms with van der Waals surface area (Å²) in [5.41, 5.74) is -1.45. The molecule has 2 bridgehead atoms. The van der Waals surface area contributed by atoms with E-state index in [2.05, 4.69) is 10.6 Å². The van der Waals surface area contributed by atoms with E-state index in [1.165, 1.54) is 0 Å². The number of fused-ring (bicyclic) bond motifs is 2. The van der Waals surface area contributed by atoms with Crippen LogP contribution in [0.3, 0.4) is 0 Å². The van der Waals surface area contributed by atoms with Gasteiger partial charge in [0.1, 0.15) is 25.6 Å². The second kappa shape index (κ2) is 10.7. The molecule has 3 N–H and O–H groups in total. The number of hydrogen-bond donors (Lipinski definition) is 3. The number of carbonyl (C=O) groups excluding carboxylic acids is 2. The molecule has 0 spiro atoms. The Morgan fingerprint density at radius 1 is 0.882 bits per heavy atom. The van der Waals surface area contributed by atoms with E-state index in [1.807, 2.05) is 0 Å². The lowest BCUT2D eigenvalue weighted by Gasteiger charge is -2.34. The number of nitrogens with one attached hydrogen (secondary N) is 2. The van der Waals surface area contributed by atoms with E-state index in [4.69, 9.17) is 32.7 Å². The minimum atomic E-state index is -1.14. The lowest BCUT2D eigenvalue weighted by Crippen LogP contribution is -2.54. The predicted molar refractivity (Wildman–Crippen MR) is 122 cm³/mol. The number of alkyl halides is 4. The molecule has 34 heavy (non-hydrogen) atoms. The van der Waals surface area contributed by atoms with Crippen molar-refractivity contribution in [1.29, 1.82) is 0 Å². The number of halogens is 4. The molecule has 4 aliphatic rings. The van der Waals surface area contributed by atoms with Crippen molar-refractivity contribution in [2.45, 2.75) is 117 Å². The van der Waals surface area contributed by atoms with Crippen molar-refractivity contribution in [3.05, 3.63) is 0 Å². The van der Waals surface area contributed by atoms with Crippen LogP contribution in [-0.4, -0.2) is 82.6 Å². The monoisotopic (exact) mass is 526 g/mol. The fourth-order valence-corrected chi connectivity index (χ4v) is 6.49. The van der Waals surface area contributed by atoms with Gasteiger partial charge in [-0.25, -0.2) is 8.78 Å². The molecule has 0 saturated heterocycles. The lowest BCUT2D eigenvalue weighted by atomic mass is 9.88. The molecule has 0 aromatic carbocycles. The number of amides is 2. The summed E-state index contributed by atoms with van der Waals surface area (Å²) in [6.07, 6.45) is 0.692. The van der Waals surface area contributed by atoms with Gasteiger partial charge in [0.05, 0.1) is 34.6 Å². The summed E-state index contributed by atoms with van der Waals surface area (Å²) in [4.78, 5) is 25.1. The van der Waals surface area contributed by atoms with Crippen LogP contribution in [0.25, 0.3) is 0 Å². The molecule has 0 aliphatic heterocycles. The van der Waals surface area contributed by atoms with Gasteiger partial charge in [-0.15, -0.1) is 23.2 Å². The molecule has 11 heteroatoms. The first-order chi connectivity index (χ1) is 16.1. The first-order valence-corrected chi connectivity index (χ1v) is 13.1. The third-order valence-corrected chi connectivity index (χ3v) is 8.89. The third-order valence-electron chi connectivity index (χ3n) is 7.91. The molecular weight excluding hydrogens is 493 g/mol. The minimum absolute atomic E-state index is 0.172. The topological polar surface area (TPSA) is 96.9 Å². The first kappa shape index (κ1) is 26.3. The van der Waals surface area contributed by atoms with Crippen molar-refractivity contribution >= 4 is 35.0 Å². The van der Waals surface area contributed by atoms with Crippen LogP contribution in [-0.2, 0) is 19.1 Å². The molecule has 4 saturated carbocycles. The lowest BCUT2D eigenvalue weighted by molar-refractivity contribution is -0.132. The Balaban J connectivity index is 1.22. The van der Waals surface area contributed by atoms with E-state index in [1.54, 1.807) is 0 Å². The van der Waals surface area contributed by atoms with Gasteiger partial charge in [0.2, 0.25) is 11.8 Å². The molecule has 0 aromatic rings. The van der Waals surface area contributed by atoms with Gasteiger partial charge in [-0.05, 0) is 51.4 Å². The van der Waals surface area contributed by atoms with Gasteiger partial charge in [0.15, 0.2) is 0 Å². The number of carbonyl (C=O) groups is 2. The van der Waals surface area contributed by atoms with Crippen molar-refractivity contribution in [2.75, 3.05) is 13.2 Å². The summed E-state index contributed by atoms with van der Waals surface area (Å²) < 4.78 is 38.8. The first-order valence-electron chi connectivity index (χ1n) is 12.2. The van der Waals surface area contributed by atoms with Crippen LogP contribution in [0.15, 0.2) is 0 Å². The fraction of sp³-hybridized carbons (Fsp3) is 0.913. The van der Waals surface area contributed by atoms with Crippen molar-refractivity contribution in [3.8, 4) is 0 Å². The molecule has 194 valence electrons. The van der Waals surface area contributed by atoms with E-state index in [0.29, 0.717) is 51.4 Å². The van der Waals surface area contributed by atoms with Crippen LogP contribution in [0, 0.1) is 0 Å². The summed E-state index contributed by atoms with van der Waals surface area (Å²) >= 11 is 11.8. The standard InChI is InChI=1S/C23H34Cl2F2N2O5/c24-15-3-1-13(7-17(15)26)33-10-20(31)28-22-5-6-23(12-22,19(30)9-22)29-21(32)11-34-14-2-4-16(25)18(27)8-14/h13-19,30H,1-12H2,(H,28,31)(H,29,32)/t13?,14?,15?,16?,17?,18?,19-,22-,23-/m0/s1. The van der Waals surface area contributed by atoms with E-state index >= 15 is 0 Å². The van der Waals surface area contributed by atoms with E-state index < -0.39 is 40.3 Å². The Labute approximate surface area is 208 Å². The highest BCUT2D eigenvalue weighted by molar-refractivity contribution is 6.21. The van der Waals surface area contributed by atoms with Crippen LogP contribution < -0.4 is 10.6 Å². The highest BCUT2D eigenvalue weighted by Crippen LogP contribution is 2.50. The Bertz CT molecular complexity index is 767. The fourth-order valence-electron chi connectivity index (χ4n) is 6.04. The molecule has 0 aromatic heterocycles. The molecule has 4 aliphatic carbocycles. The van der Waals surface area contributed by atoms with Crippen LogP contribution in [0.1, 0.15) is 64.2 Å². The van der Waals surface area contributed by atoms with E-state index in [-0.39, 0.29) is 50.1 Å². The molecule has 6 unspecified atom stereocenters. The summed E-state index contributed by atoms with van der Waals surface area (Å²) in [6.45, 7) is -0.401. The minimum Gasteiger partial charge on any atom is -0.391 e. The van der Waals surface area contributed by atoms with Crippen LogP contribution >= 0.6 is 23.2 Å². The maximum atomic E-state index is 13.8. The summed E-state index contributed by atoms with van der Waals surface area (Å²) in [5, 5.41) is 15.6. The molecule has 4 rings (SSSR count). The summed E-state index contributed by atoms with van der Waals surface area (Å²) in [5.74, 6) is -0.691. The predicted octanol–water partition coefficient (Wildman–Crippen LogP) is 2.67.